The van der Waals surface area contributed by atoms with Gasteiger partial charge in [0.2, 0.25) is 0 Å². The number of aryl methyl sites for hydroxylation is 1. The van der Waals surface area contributed by atoms with Crippen molar-refractivity contribution in [2.45, 2.75) is 64.6 Å². The molecule has 0 saturated heterocycles. The van der Waals surface area contributed by atoms with Gasteiger partial charge in [0.1, 0.15) is 5.60 Å². The minimum absolute atomic E-state index is 0.740. The Labute approximate surface area is 207 Å². The Morgan fingerprint density at radius 1 is 1.14 bits per heavy atom. The van der Waals surface area contributed by atoms with Crippen molar-refractivity contribution >= 4 is 16.6 Å². The zero-order valence-corrected chi connectivity index (χ0v) is 21.1. The van der Waals surface area contributed by atoms with E-state index in [1.807, 2.05) is 39.1 Å². The lowest BCUT2D eigenvalue weighted by atomic mass is 9.95. The predicted molar refractivity (Wildman–Crippen MR) is 142 cm³/mol. The molecule has 0 radical (unpaired) electrons. The molecule has 1 aliphatic carbocycles. The number of benzene rings is 2. The molecule has 0 amide bonds. The fourth-order valence-corrected chi connectivity index (χ4v) is 5.44. The van der Waals surface area contributed by atoms with Crippen LogP contribution in [0.3, 0.4) is 0 Å². The summed E-state index contributed by atoms with van der Waals surface area (Å²) in [5, 5.41) is 25.8. The lowest BCUT2D eigenvalue weighted by molar-refractivity contribution is 0.0553. The lowest BCUT2D eigenvalue weighted by Crippen LogP contribution is -2.18. The Morgan fingerprint density at radius 3 is 2.74 bits per heavy atom. The topological polar surface area (TPSA) is 81.2 Å². The molecule has 5 nitrogen and oxygen atoms in total. The molecule has 35 heavy (non-hydrogen) atoms. The van der Waals surface area contributed by atoms with Gasteiger partial charge in [-0.15, -0.1) is 0 Å². The van der Waals surface area contributed by atoms with Crippen LogP contribution >= 0.6 is 0 Å². The molecule has 4 aromatic rings. The molecule has 1 unspecified atom stereocenters. The highest BCUT2D eigenvalue weighted by atomic mass is 16.3. The first-order valence-corrected chi connectivity index (χ1v) is 12.5. The first-order chi connectivity index (χ1) is 16.6. The molecule has 0 fully saturated rings. The maximum atomic E-state index is 10.6. The van der Waals surface area contributed by atoms with Crippen molar-refractivity contribution in [3.63, 3.8) is 0 Å². The van der Waals surface area contributed by atoms with E-state index in [0.717, 1.165) is 54.7 Å². The van der Waals surface area contributed by atoms with Gasteiger partial charge < -0.3 is 20.5 Å². The summed E-state index contributed by atoms with van der Waals surface area (Å²) in [5.74, 6) is 0. The van der Waals surface area contributed by atoms with Crippen molar-refractivity contribution in [3.05, 3.63) is 93.9 Å². The van der Waals surface area contributed by atoms with Crippen LogP contribution in [0.1, 0.15) is 66.3 Å². The summed E-state index contributed by atoms with van der Waals surface area (Å²) in [7, 11) is 0. The van der Waals surface area contributed by atoms with Crippen LogP contribution in [0.25, 0.3) is 10.9 Å². The average Bonchev–Trinajstić information content (AvgIpc) is 3.35. The largest absolute Gasteiger partial charge is 0.386 e. The molecule has 0 aliphatic heterocycles. The standard InChI is InChI=1S/C30H35N3O2/c1-19-16-20(17-21-11-15-32-28-24(21)10-13-30(28,4)35)8-9-26(19)31-14-12-22-18-33-27-23(22)6-5-7-25(27)29(2,3)34/h5-9,11,15-16,18,31,33-35H,10,12-14,17H2,1-4H3. The van der Waals surface area contributed by atoms with E-state index < -0.39 is 11.2 Å². The van der Waals surface area contributed by atoms with Crippen molar-refractivity contribution in [3.8, 4) is 0 Å². The van der Waals surface area contributed by atoms with Crippen LogP contribution in [0.4, 0.5) is 5.69 Å². The smallest absolute Gasteiger partial charge is 0.104 e. The molecule has 4 N–H and O–H groups in total. The quantitative estimate of drug-likeness (QED) is 0.288. The highest BCUT2D eigenvalue weighted by Gasteiger charge is 2.34. The Bertz CT molecular complexity index is 1380. The Balaban J connectivity index is 1.26. The summed E-state index contributed by atoms with van der Waals surface area (Å²) in [6, 6.07) is 14.8. The van der Waals surface area contributed by atoms with Gasteiger partial charge in [0.15, 0.2) is 0 Å². The Kier molecular flexibility index (Phi) is 5.94. The number of hydrogen-bond donors (Lipinski definition) is 4. The van der Waals surface area contributed by atoms with E-state index in [0.29, 0.717) is 0 Å². The van der Waals surface area contributed by atoms with Gasteiger partial charge in [0.05, 0.1) is 16.8 Å². The molecular formula is C30H35N3O2. The zero-order valence-electron chi connectivity index (χ0n) is 21.1. The van der Waals surface area contributed by atoms with E-state index in [9.17, 15) is 10.2 Å². The van der Waals surface area contributed by atoms with Gasteiger partial charge in [0.25, 0.3) is 0 Å². The minimum Gasteiger partial charge on any atom is -0.386 e. The molecule has 1 aliphatic rings. The predicted octanol–water partition coefficient (Wildman–Crippen LogP) is 5.50. The average molecular weight is 470 g/mol. The summed E-state index contributed by atoms with van der Waals surface area (Å²) in [6.07, 6.45) is 7.24. The summed E-state index contributed by atoms with van der Waals surface area (Å²) in [5.41, 5.74) is 8.45. The lowest BCUT2D eigenvalue weighted by Gasteiger charge is -2.18. The molecule has 0 spiro atoms. The number of para-hydroxylation sites is 1. The van der Waals surface area contributed by atoms with Gasteiger partial charge in [0, 0.05) is 35.6 Å². The second-order valence-electron chi connectivity index (χ2n) is 10.7. The van der Waals surface area contributed by atoms with Crippen LogP contribution in [0.15, 0.2) is 54.9 Å². The molecule has 2 aromatic heterocycles. The van der Waals surface area contributed by atoms with Crippen LogP contribution in [0, 0.1) is 6.92 Å². The monoisotopic (exact) mass is 469 g/mol. The summed E-state index contributed by atoms with van der Waals surface area (Å²) < 4.78 is 0. The van der Waals surface area contributed by atoms with Crippen molar-refractivity contribution < 1.29 is 10.2 Å². The number of hydrogen-bond acceptors (Lipinski definition) is 4. The molecule has 1 atom stereocenters. The molecule has 5 rings (SSSR count). The zero-order chi connectivity index (χ0) is 24.8. The Morgan fingerprint density at radius 2 is 1.97 bits per heavy atom. The van der Waals surface area contributed by atoms with Gasteiger partial charge >= 0.3 is 0 Å². The number of nitrogens with one attached hydrogen (secondary N) is 2. The van der Waals surface area contributed by atoms with Crippen LogP contribution in [-0.4, -0.2) is 26.7 Å². The van der Waals surface area contributed by atoms with Crippen LogP contribution in [0.5, 0.6) is 0 Å². The number of aromatic nitrogens is 2. The number of pyridine rings is 1. The number of nitrogens with zero attached hydrogens (tertiary/aromatic N) is 1. The van der Waals surface area contributed by atoms with Crippen LogP contribution < -0.4 is 5.32 Å². The summed E-state index contributed by atoms with van der Waals surface area (Å²) in [6.45, 7) is 8.48. The first-order valence-electron chi connectivity index (χ1n) is 12.5. The maximum absolute atomic E-state index is 10.6. The SMILES string of the molecule is Cc1cc(Cc2ccnc3c2CCC3(C)O)ccc1NCCc1c[nH]c2c(C(C)(C)O)cccc12. The van der Waals surface area contributed by atoms with Gasteiger partial charge in [-0.1, -0.05) is 30.3 Å². The van der Waals surface area contributed by atoms with E-state index in [-0.39, 0.29) is 0 Å². The molecule has 182 valence electrons. The number of H-pyrrole nitrogens is 1. The molecule has 2 aromatic carbocycles. The van der Waals surface area contributed by atoms with Crippen molar-refractivity contribution in [2.75, 3.05) is 11.9 Å². The third-order valence-corrected chi connectivity index (χ3v) is 7.38. The van der Waals surface area contributed by atoms with E-state index in [4.69, 9.17) is 0 Å². The summed E-state index contributed by atoms with van der Waals surface area (Å²) in [4.78, 5) is 7.83. The van der Waals surface area contributed by atoms with E-state index in [1.165, 1.54) is 33.2 Å². The first kappa shape index (κ1) is 23.6. The molecule has 0 saturated carbocycles. The number of rotatable bonds is 7. The van der Waals surface area contributed by atoms with Crippen molar-refractivity contribution in [2.24, 2.45) is 0 Å². The normalized spacial score (nSPS) is 17.7. The van der Waals surface area contributed by atoms with Crippen molar-refractivity contribution in [1.29, 1.82) is 0 Å². The fraction of sp³-hybridized carbons (Fsp3) is 0.367. The highest BCUT2D eigenvalue weighted by molar-refractivity contribution is 5.86. The van der Waals surface area contributed by atoms with E-state index in [1.54, 1.807) is 0 Å². The Hall–Kier alpha value is -3.15. The highest BCUT2D eigenvalue weighted by Crippen LogP contribution is 2.37. The van der Waals surface area contributed by atoms with Gasteiger partial charge in [-0.2, -0.15) is 0 Å². The van der Waals surface area contributed by atoms with Crippen LogP contribution in [-0.2, 0) is 30.5 Å². The fourth-order valence-electron chi connectivity index (χ4n) is 5.44. The van der Waals surface area contributed by atoms with Gasteiger partial charge in [-0.05, 0) is 93.3 Å². The number of fused-ring (bicyclic) bond motifs is 2. The molecule has 5 heteroatoms. The molecule has 2 heterocycles. The van der Waals surface area contributed by atoms with Crippen LogP contribution in [0.2, 0.25) is 0 Å². The third-order valence-electron chi connectivity index (χ3n) is 7.38. The molecule has 0 bridgehead atoms. The third kappa shape index (κ3) is 4.58. The van der Waals surface area contributed by atoms with Gasteiger partial charge in [-0.25, -0.2) is 0 Å². The maximum Gasteiger partial charge on any atom is 0.104 e. The summed E-state index contributed by atoms with van der Waals surface area (Å²) >= 11 is 0. The van der Waals surface area contributed by atoms with Crippen molar-refractivity contribution in [1.82, 2.24) is 9.97 Å². The number of aliphatic hydroxyl groups is 2. The van der Waals surface area contributed by atoms with E-state index in [2.05, 4.69) is 58.7 Å². The number of anilines is 1. The second kappa shape index (κ2) is 8.81. The number of aromatic amines is 1. The van der Waals surface area contributed by atoms with Gasteiger partial charge in [-0.3, -0.25) is 4.98 Å². The van der Waals surface area contributed by atoms with E-state index >= 15 is 0 Å². The molecular weight excluding hydrogens is 434 g/mol. The second-order valence-corrected chi connectivity index (χ2v) is 10.7. The minimum atomic E-state index is -0.882.